The zero-order chi connectivity index (χ0) is 26.1. The number of hydrogen-bond acceptors (Lipinski definition) is 5. The monoisotopic (exact) mass is 513 g/mol. The van der Waals surface area contributed by atoms with Crippen LogP contribution in [0.3, 0.4) is 0 Å². The Morgan fingerprint density at radius 2 is 1.97 bits per heavy atom. The molecule has 7 nitrogen and oxygen atoms in total. The largest absolute Gasteiger partial charge is 0.364 e. The van der Waals surface area contributed by atoms with Crippen LogP contribution in [0.2, 0.25) is 5.02 Å². The van der Waals surface area contributed by atoms with Gasteiger partial charge < -0.3 is 16.0 Å². The van der Waals surface area contributed by atoms with Crippen LogP contribution in [-0.4, -0.2) is 52.9 Å². The number of aromatic nitrogens is 2. The van der Waals surface area contributed by atoms with Crippen LogP contribution in [0.15, 0.2) is 60.8 Å². The normalized spacial score (nSPS) is 15.2. The number of amides is 2. The molecule has 3 N–H and O–H groups in total. The number of likely N-dealkylation sites (N-methyl/N-ethyl adjacent to an activating group) is 1. The van der Waals surface area contributed by atoms with Crippen LogP contribution in [0.1, 0.15) is 39.3 Å². The van der Waals surface area contributed by atoms with Crippen LogP contribution < -0.4 is 11.1 Å². The van der Waals surface area contributed by atoms with Crippen LogP contribution in [0.5, 0.6) is 0 Å². The van der Waals surface area contributed by atoms with Crippen LogP contribution in [0.4, 0.5) is 0 Å². The molecule has 1 aliphatic rings. The highest BCUT2D eigenvalue weighted by Gasteiger charge is 2.25. The third-order valence-electron chi connectivity index (χ3n) is 6.74. The molecule has 3 heterocycles. The van der Waals surface area contributed by atoms with Gasteiger partial charge in [0, 0.05) is 47.4 Å². The molecule has 0 aliphatic carbocycles. The van der Waals surface area contributed by atoms with E-state index in [1.54, 1.807) is 23.2 Å². The van der Waals surface area contributed by atoms with E-state index >= 15 is 0 Å². The SMILES string of the molecule is Cc1cc(Cl)cc(-c2cnc3ccc(-c4cccc(C(N)=O)n4)cc3c2C(=O)N(C)C[C@@H]2CCCN2)c1. The Hall–Kier alpha value is -3.81. The van der Waals surface area contributed by atoms with Crippen molar-refractivity contribution in [3.63, 3.8) is 0 Å². The number of halogens is 1. The second kappa shape index (κ2) is 10.3. The van der Waals surface area contributed by atoms with Gasteiger partial charge in [-0.2, -0.15) is 0 Å². The highest BCUT2D eigenvalue weighted by atomic mass is 35.5. The molecule has 2 aromatic heterocycles. The molecule has 0 bridgehead atoms. The van der Waals surface area contributed by atoms with Crippen molar-refractivity contribution in [1.29, 1.82) is 0 Å². The van der Waals surface area contributed by atoms with Gasteiger partial charge in [0.1, 0.15) is 5.69 Å². The summed E-state index contributed by atoms with van der Waals surface area (Å²) in [6.45, 7) is 3.55. The average molecular weight is 514 g/mol. The summed E-state index contributed by atoms with van der Waals surface area (Å²) in [6, 6.07) is 16.8. The minimum absolute atomic E-state index is 0.0928. The molecule has 0 saturated carbocycles. The quantitative estimate of drug-likeness (QED) is 0.384. The number of pyridine rings is 2. The molecule has 2 amide bonds. The van der Waals surface area contributed by atoms with Crippen LogP contribution >= 0.6 is 11.6 Å². The van der Waals surface area contributed by atoms with Gasteiger partial charge in [-0.3, -0.25) is 14.6 Å². The molecular weight excluding hydrogens is 486 g/mol. The summed E-state index contributed by atoms with van der Waals surface area (Å²) in [4.78, 5) is 36.6. The van der Waals surface area contributed by atoms with E-state index in [-0.39, 0.29) is 17.6 Å². The molecule has 5 rings (SSSR count). The lowest BCUT2D eigenvalue weighted by molar-refractivity contribution is 0.0786. The molecule has 37 heavy (non-hydrogen) atoms. The fourth-order valence-electron chi connectivity index (χ4n) is 4.94. The number of rotatable bonds is 6. The van der Waals surface area contributed by atoms with Gasteiger partial charge in [-0.05, 0) is 73.8 Å². The Balaban J connectivity index is 1.69. The molecule has 2 aromatic carbocycles. The van der Waals surface area contributed by atoms with E-state index < -0.39 is 5.91 Å². The molecular formula is C29H28ClN5O2. The Kier molecular flexibility index (Phi) is 6.91. The lowest BCUT2D eigenvalue weighted by atomic mass is 9.94. The molecule has 0 unspecified atom stereocenters. The molecule has 0 spiro atoms. The lowest BCUT2D eigenvalue weighted by Gasteiger charge is -2.24. The van der Waals surface area contributed by atoms with E-state index in [1.807, 2.05) is 56.4 Å². The van der Waals surface area contributed by atoms with E-state index in [9.17, 15) is 9.59 Å². The van der Waals surface area contributed by atoms with Crippen molar-refractivity contribution in [3.05, 3.63) is 82.6 Å². The Bertz CT molecular complexity index is 1490. The fraction of sp³-hybridized carbons (Fsp3) is 0.241. The number of nitrogens with one attached hydrogen (secondary N) is 1. The maximum atomic E-state index is 14.1. The van der Waals surface area contributed by atoms with E-state index in [4.69, 9.17) is 17.3 Å². The third kappa shape index (κ3) is 5.19. The van der Waals surface area contributed by atoms with Crippen LogP contribution in [0.25, 0.3) is 33.3 Å². The van der Waals surface area contributed by atoms with E-state index in [0.717, 1.165) is 36.1 Å². The predicted octanol–water partition coefficient (Wildman–Crippen LogP) is 4.85. The molecule has 1 atom stereocenters. The van der Waals surface area contributed by atoms with Crippen molar-refractivity contribution in [3.8, 4) is 22.4 Å². The van der Waals surface area contributed by atoms with Gasteiger partial charge in [0.05, 0.1) is 16.8 Å². The van der Waals surface area contributed by atoms with E-state index in [1.165, 1.54) is 0 Å². The predicted molar refractivity (Wildman–Crippen MR) is 147 cm³/mol. The molecule has 1 saturated heterocycles. The first-order valence-corrected chi connectivity index (χ1v) is 12.6. The molecule has 0 radical (unpaired) electrons. The molecule has 8 heteroatoms. The summed E-state index contributed by atoms with van der Waals surface area (Å²) in [7, 11) is 1.84. The van der Waals surface area contributed by atoms with Gasteiger partial charge in [-0.1, -0.05) is 29.8 Å². The average Bonchev–Trinajstić information content (AvgIpc) is 3.39. The van der Waals surface area contributed by atoms with Gasteiger partial charge in [0.25, 0.3) is 11.8 Å². The minimum atomic E-state index is -0.596. The van der Waals surface area contributed by atoms with E-state index in [2.05, 4.69) is 15.3 Å². The summed E-state index contributed by atoms with van der Waals surface area (Å²) in [6.07, 6.45) is 3.90. The summed E-state index contributed by atoms with van der Waals surface area (Å²) >= 11 is 6.40. The smallest absolute Gasteiger partial charge is 0.267 e. The van der Waals surface area contributed by atoms with Crippen molar-refractivity contribution in [1.82, 2.24) is 20.2 Å². The zero-order valence-corrected chi connectivity index (χ0v) is 21.5. The number of hydrogen-bond donors (Lipinski definition) is 2. The van der Waals surface area contributed by atoms with Crippen molar-refractivity contribution in [2.45, 2.75) is 25.8 Å². The number of benzene rings is 2. The highest BCUT2D eigenvalue weighted by molar-refractivity contribution is 6.31. The minimum Gasteiger partial charge on any atom is -0.364 e. The number of carbonyl (C=O) groups excluding carboxylic acids is 2. The summed E-state index contributed by atoms with van der Waals surface area (Å²) < 4.78 is 0. The molecule has 188 valence electrons. The second-order valence-electron chi connectivity index (χ2n) is 9.55. The number of aryl methyl sites for hydroxylation is 1. The van der Waals surface area contributed by atoms with Gasteiger partial charge in [-0.25, -0.2) is 4.98 Å². The first-order chi connectivity index (χ1) is 17.8. The van der Waals surface area contributed by atoms with Crippen molar-refractivity contribution in [2.24, 2.45) is 5.73 Å². The Labute approximate surface area is 220 Å². The Morgan fingerprint density at radius 3 is 2.70 bits per heavy atom. The maximum absolute atomic E-state index is 14.1. The number of nitrogens with zero attached hydrogens (tertiary/aromatic N) is 3. The summed E-state index contributed by atoms with van der Waals surface area (Å²) in [5.74, 6) is -0.689. The molecule has 1 aliphatic heterocycles. The lowest BCUT2D eigenvalue weighted by Crippen LogP contribution is -2.38. The standard InChI is InChI=1S/C29H28ClN5O2/c1-17-11-19(13-20(30)12-17)23-15-33-25-9-8-18(24-6-3-7-26(34-24)28(31)36)14-22(25)27(23)29(37)35(2)16-21-5-4-10-32-21/h3,6-9,11-15,21,32H,4-5,10,16H2,1-2H3,(H2,31,36)/t21-/m0/s1. The van der Waals surface area contributed by atoms with Gasteiger partial charge in [0.2, 0.25) is 0 Å². The first-order valence-electron chi connectivity index (χ1n) is 12.3. The van der Waals surface area contributed by atoms with Gasteiger partial charge in [0.15, 0.2) is 0 Å². The second-order valence-corrected chi connectivity index (χ2v) is 9.98. The summed E-state index contributed by atoms with van der Waals surface area (Å²) in [5, 5.41) is 4.77. The maximum Gasteiger partial charge on any atom is 0.267 e. The number of nitrogens with two attached hydrogens (primary N) is 1. The highest BCUT2D eigenvalue weighted by Crippen LogP contribution is 2.34. The number of carbonyl (C=O) groups is 2. The van der Waals surface area contributed by atoms with Crippen molar-refractivity contribution >= 4 is 34.3 Å². The third-order valence-corrected chi connectivity index (χ3v) is 6.95. The number of fused-ring (bicyclic) bond motifs is 1. The zero-order valence-electron chi connectivity index (χ0n) is 20.8. The first kappa shape index (κ1) is 24.9. The Morgan fingerprint density at radius 1 is 1.14 bits per heavy atom. The number of primary amides is 1. The topological polar surface area (TPSA) is 101 Å². The molecule has 1 fully saturated rings. The summed E-state index contributed by atoms with van der Waals surface area (Å²) in [5.41, 5.74) is 10.7. The molecule has 4 aromatic rings. The fourth-order valence-corrected chi connectivity index (χ4v) is 5.23. The van der Waals surface area contributed by atoms with Crippen molar-refractivity contribution < 1.29 is 9.59 Å². The van der Waals surface area contributed by atoms with Crippen molar-refractivity contribution in [2.75, 3.05) is 20.1 Å². The van der Waals surface area contributed by atoms with Crippen LogP contribution in [0, 0.1) is 6.92 Å². The van der Waals surface area contributed by atoms with E-state index in [0.29, 0.717) is 39.3 Å². The van der Waals surface area contributed by atoms with Gasteiger partial charge in [-0.15, -0.1) is 0 Å². The van der Waals surface area contributed by atoms with Gasteiger partial charge >= 0.3 is 0 Å². The van der Waals surface area contributed by atoms with Crippen LogP contribution in [-0.2, 0) is 0 Å².